The molecule has 10 nitrogen and oxygen atoms in total. The molecule has 3 fully saturated rings. The fraction of sp³-hybridized carbons (Fsp3) is 0.533. The second-order valence-electron chi connectivity index (χ2n) is 13.0. The first-order valence-corrected chi connectivity index (χ1v) is 17.6. The number of aromatic nitrogens is 1. The predicted octanol–water partition coefficient (Wildman–Crippen LogP) is 4.97. The molecule has 1 aromatic heterocycles. The van der Waals surface area contributed by atoms with Gasteiger partial charge in [0.05, 0.1) is 21.5 Å². The summed E-state index contributed by atoms with van der Waals surface area (Å²) in [5, 5.41) is 7.15. The largest absolute Gasteiger partial charge is 0.416 e. The number of anilines is 1. The molecular formula is C30H35ClF3N5O5S2. The highest BCUT2D eigenvalue weighted by Gasteiger charge is 2.61. The first kappa shape index (κ1) is 34.2. The summed E-state index contributed by atoms with van der Waals surface area (Å²) in [5.74, 6) is -2.25. The van der Waals surface area contributed by atoms with Crippen LogP contribution in [0.2, 0.25) is 5.02 Å². The molecule has 250 valence electrons. The lowest BCUT2D eigenvalue weighted by Crippen LogP contribution is -2.58. The molecule has 4 atom stereocenters. The second kappa shape index (κ2) is 12.1. The first-order chi connectivity index (χ1) is 21.4. The van der Waals surface area contributed by atoms with E-state index in [1.807, 2.05) is 20.8 Å². The van der Waals surface area contributed by atoms with Crippen molar-refractivity contribution < 1.29 is 36.0 Å². The Hall–Kier alpha value is -3.17. The van der Waals surface area contributed by atoms with Crippen LogP contribution >= 0.6 is 22.9 Å². The topological polar surface area (TPSA) is 138 Å². The molecule has 0 bridgehead atoms. The molecule has 3 aliphatic rings. The Morgan fingerprint density at radius 3 is 2.48 bits per heavy atom. The van der Waals surface area contributed by atoms with Crippen molar-refractivity contribution in [1.29, 1.82) is 0 Å². The molecule has 46 heavy (non-hydrogen) atoms. The highest BCUT2D eigenvalue weighted by Crippen LogP contribution is 2.45. The molecule has 0 radical (unpaired) electrons. The van der Waals surface area contributed by atoms with Crippen molar-refractivity contribution >= 4 is 55.8 Å². The van der Waals surface area contributed by atoms with Gasteiger partial charge in [-0.25, -0.2) is 13.4 Å². The maximum atomic E-state index is 14.0. The number of carbonyl (C=O) groups is 3. The number of hydrogen-bond donors (Lipinski definition) is 3. The van der Waals surface area contributed by atoms with Gasteiger partial charge in [-0.1, -0.05) is 38.4 Å². The fourth-order valence-electron chi connectivity index (χ4n) is 5.62. The molecule has 1 aliphatic heterocycles. The zero-order chi connectivity index (χ0) is 33.8. The molecular weight excluding hydrogens is 667 g/mol. The third-order valence-electron chi connectivity index (χ3n) is 8.54. The van der Waals surface area contributed by atoms with Gasteiger partial charge < -0.3 is 15.5 Å². The van der Waals surface area contributed by atoms with E-state index in [0.717, 1.165) is 29.5 Å². The molecule has 3 amide bonds. The Morgan fingerprint density at radius 1 is 1.20 bits per heavy atom. The monoisotopic (exact) mass is 701 g/mol. The van der Waals surface area contributed by atoms with E-state index in [2.05, 4.69) is 26.9 Å². The zero-order valence-electron chi connectivity index (χ0n) is 25.4. The average Bonchev–Trinajstić information content (AvgIpc) is 3.83. The number of thiazole rings is 1. The van der Waals surface area contributed by atoms with Crippen molar-refractivity contribution in [3.8, 4) is 11.3 Å². The lowest BCUT2D eigenvalue weighted by molar-refractivity contribution is -0.141. The van der Waals surface area contributed by atoms with E-state index in [4.69, 9.17) is 11.6 Å². The van der Waals surface area contributed by atoms with E-state index in [-0.39, 0.29) is 34.4 Å². The van der Waals surface area contributed by atoms with Gasteiger partial charge in [0.25, 0.3) is 5.91 Å². The van der Waals surface area contributed by atoms with Gasteiger partial charge in [0, 0.05) is 23.4 Å². The third kappa shape index (κ3) is 6.91. The normalized spacial score (nSPS) is 23.8. The Balaban J connectivity index is 1.32. The summed E-state index contributed by atoms with van der Waals surface area (Å²) in [4.78, 5) is 46.7. The number of alkyl halides is 3. The number of rotatable bonds is 10. The van der Waals surface area contributed by atoms with Crippen LogP contribution < -0.4 is 15.4 Å². The van der Waals surface area contributed by atoms with Crippen LogP contribution in [-0.4, -0.2) is 65.4 Å². The molecule has 1 saturated heterocycles. The summed E-state index contributed by atoms with van der Waals surface area (Å²) in [7, 11) is -3.84. The summed E-state index contributed by atoms with van der Waals surface area (Å²) in [5.41, 5.74) is -2.73. The quantitative estimate of drug-likeness (QED) is 0.298. The van der Waals surface area contributed by atoms with Crippen LogP contribution in [0.3, 0.4) is 0 Å². The van der Waals surface area contributed by atoms with Crippen molar-refractivity contribution in [2.24, 2.45) is 11.3 Å². The Labute approximate surface area is 274 Å². The molecule has 3 N–H and O–H groups in total. The Morgan fingerprint density at radius 2 is 1.89 bits per heavy atom. The number of amides is 3. The van der Waals surface area contributed by atoms with Crippen LogP contribution in [0.15, 0.2) is 36.2 Å². The van der Waals surface area contributed by atoms with Crippen molar-refractivity contribution in [2.45, 2.75) is 81.9 Å². The maximum Gasteiger partial charge on any atom is 0.416 e. The van der Waals surface area contributed by atoms with Gasteiger partial charge in [0.15, 0.2) is 5.13 Å². The van der Waals surface area contributed by atoms with Gasteiger partial charge >= 0.3 is 6.18 Å². The second-order valence-corrected chi connectivity index (χ2v) is 16.3. The molecule has 2 aliphatic carbocycles. The summed E-state index contributed by atoms with van der Waals surface area (Å²) in [6.07, 6.45) is -1.09. The lowest BCUT2D eigenvalue weighted by Gasteiger charge is -2.35. The van der Waals surface area contributed by atoms with Crippen molar-refractivity contribution in [1.82, 2.24) is 19.9 Å². The van der Waals surface area contributed by atoms with E-state index < -0.39 is 73.7 Å². The standard InChI is InChI=1S/C30H35ClF3N5O5S2/c1-5-16-14-29(16,26(42)38-46(43,44)18-9-10-18)37-24(40)22-7-6-12-39(22)25(41)23(28(2,3)4)36-27-35-21(15-45-27)19-13-17(30(32,33)34)8-11-20(19)31/h5,8,11,13,15-16,18,22-23H,1,6-7,9-10,12,14H2,2-4H3,(H,35,36)(H,37,40)(H,38,42)/t16-,22+,23-,29-/m1/s1. The zero-order valence-corrected chi connectivity index (χ0v) is 27.8. The van der Waals surface area contributed by atoms with Gasteiger partial charge in [-0.05, 0) is 55.7 Å². The number of carbonyl (C=O) groups excluding carboxylic acids is 3. The Kier molecular flexibility index (Phi) is 9.01. The highest BCUT2D eigenvalue weighted by molar-refractivity contribution is 7.91. The van der Waals surface area contributed by atoms with Crippen LogP contribution in [-0.2, 0) is 30.6 Å². The maximum absolute atomic E-state index is 14.0. The van der Waals surface area contributed by atoms with E-state index in [9.17, 15) is 36.0 Å². The number of hydrogen-bond acceptors (Lipinski definition) is 8. The number of nitrogens with one attached hydrogen (secondary N) is 3. The number of likely N-dealkylation sites (tertiary alicyclic amines) is 1. The van der Waals surface area contributed by atoms with Gasteiger partial charge in [0.1, 0.15) is 17.6 Å². The van der Waals surface area contributed by atoms with Crippen molar-refractivity contribution in [2.75, 3.05) is 11.9 Å². The highest BCUT2D eigenvalue weighted by atomic mass is 35.5. The summed E-state index contributed by atoms with van der Waals surface area (Å²) < 4.78 is 67.0. The van der Waals surface area contributed by atoms with E-state index in [1.54, 1.807) is 5.38 Å². The van der Waals surface area contributed by atoms with Crippen molar-refractivity contribution in [3.05, 3.63) is 46.8 Å². The van der Waals surface area contributed by atoms with Gasteiger partial charge in [-0.3, -0.25) is 19.1 Å². The summed E-state index contributed by atoms with van der Waals surface area (Å²) >= 11 is 7.30. The van der Waals surface area contributed by atoms with Gasteiger partial charge in [0.2, 0.25) is 21.8 Å². The fourth-order valence-corrected chi connectivity index (χ4v) is 7.94. The van der Waals surface area contributed by atoms with Crippen LogP contribution in [0.25, 0.3) is 11.3 Å². The first-order valence-electron chi connectivity index (χ1n) is 14.8. The lowest BCUT2D eigenvalue weighted by atomic mass is 9.85. The molecule has 5 rings (SSSR count). The van der Waals surface area contributed by atoms with Gasteiger partial charge in [-0.2, -0.15) is 13.2 Å². The number of sulfonamides is 1. The summed E-state index contributed by atoms with van der Waals surface area (Å²) in [6, 6.07) is 1.17. The van der Waals surface area contributed by atoms with Gasteiger partial charge in [-0.15, -0.1) is 17.9 Å². The molecule has 0 unspecified atom stereocenters. The van der Waals surface area contributed by atoms with Crippen LogP contribution in [0.4, 0.5) is 18.3 Å². The van der Waals surface area contributed by atoms with E-state index in [1.165, 1.54) is 11.0 Å². The van der Waals surface area contributed by atoms with Crippen LogP contribution in [0, 0.1) is 11.3 Å². The predicted molar refractivity (Wildman–Crippen MR) is 168 cm³/mol. The smallest absolute Gasteiger partial charge is 0.349 e. The number of halogens is 4. The van der Waals surface area contributed by atoms with E-state index in [0.29, 0.717) is 25.7 Å². The minimum absolute atomic E-state index is 0.0881. The molecule has 0 spiro atoms. The molecule has 2 heterocycles. The van der Waals surface area contributed by atoms with Crippen LogP contribution in [0.1, 0.15) is 58.4 Å². The Bertz CT molecular complexity index is 1670. The van der Waals surface area contributed by atoms with Crippen LogP contribution in [0.5, 0.6) is 0 Å². The minimum Gasteiger partial charge on any atom is -0.349 e. The molecule has 16 heteroatoms. The SMILES string of the molecule is C=C[C@@H]1C[C@]1(NC(=O)[C@@H]1CCCN1C(=O)[C@@H](Nc1nc(-c2cc(C(F)(F)F)ccc2Cl)cs1)C(C)(C)C)C(=O)NS(=O)(=O)C1CC1. The summed E-state index contributed by atoms with van der Waals surface area (Å²) in [6.45, 7) is 9.45. The number of nitrogens with zero attached hydrogens (tertiary/aromatic N) is 2. The average molecular weight is 702 g/mol. The minimum atomic E-state index is -4.57. The number of benzene rings is 1. The molecule has 1 aromatic carbocycles. The third-order valence-corrected chi connectivity index (χ3v) is 11.5. The van der Waals surface area contributed by atoms with E-state index >= 15 is 0 Å². The molecule has 2 saturated carbocycles. The van der Waals surface area contributed by atoms with Crippen molar-refractivity contribution in [3.63, 3.8) is 0 Å². The molecule has 2 aromatic rings.